The second kappa shape index (κ2) is 6.37. The zero-order valence-corrected chi connectivity index (χ0v) is 14.7. The molecule has 2 nitrogen and oxygen atoms in total. The molecule has 3 atom stereocenters. The first-order valence-corrected chi connectivity index (χ1v) is 10.2. The molecule has 23 heavy (non-hydrogen) atoms. The molecule has 2 aromatic carbocycles. The minimum Gasteiger partial charge on any atom is -0.401 e. The maximum atomic E-state index is 14.2. The van der Waals surface area contributed by atoms with Gasteiger partial charge < -0.3 is 10.3 Å². The number of rotatable bonds is 4. The van der Waals surface area contributed by atoms with E-state index in [4.69, 9.17) is 5.73 Å². The van der Waals surface area contributed by atoms with Crippen molar-refractivity contribution >= 4 is 12.5 Å². The monoisotopic (exact) mass is 325 g/mol. The van der Waals surface area contributed by atoms with Crippen molar-refractivity contribution in [2.45, 2.75) is 32.1 Å². The summed E-state index contributed by atoms with van der Waals surface area (Å²) in [5.41, 5.74) is 9.57. The van der Waals surface area contributed by atoms with Gasteiger partial charge in [-0.05, 0) is 17.5 Å². The highest BCUT2D eigenvalue weighted by Crippen LogP contribution is 2.72. The van der Waals surface area contributed by atoms with E-state index in [1.807, 2.05) is 48.5 Å². The van der Waals surface area contributed by atoms with Crippen molar-refractivity contribution in [3.63, 3.8) is 0 Å². The summed E-state index contributed by atoms with van der Waals surface area (Å²) in [5, 5.41) is 0.918. The summed E-state index contributed by atoms with van der Waals surface area (Å²) in [4.78, 5) is 0. The molecule has 2 aromatic rings. The van der Waals surface area contributed by atoms with Crippen LogP contribution in [0.15, 0.2) is 66.4 Å². The van der Waals surface area contributed by atoms with E-state index in [9.17, 15) is 4.57 Å². The first-order valence-electron chi connectivity index (χ1n) is 8.26. The van der Waals surface area contributed by atoms with Crippen LogP contribution in [0, 0.1) is 5.92 Å². The van der Waals surface area contributed by atoms with Crippen LogP contribution in [0.5, 0.6) is 0 Å². The number of benzene rings is 2. The first kappa shape index (κ1) is 16.1. The lowest BCUT2D eigenvalue weighted by atomic mass is 10.0. The van der Waals surface area contributed by atoms with Crippen molar-refractivity contribution < 1.29 is 4.57 Å². The van der Waals surface area contributed by atoms with Crippen LogP contribution in [0.25, 0.3) is 5.31 Å². The summed E-state index contributed by atoms with van der Waals surface area (Å²) >= 11 is 0. The van der Waals surface area contributed by atoms with Gasteiger partial charge in [0, 0.05) is 28.8 Å². The van der Waals surface area contributed by atoms with Crippen LogP contribution < -0.4 is 5.73 Å². The van der Waals surface area contributed by atoms with Crippen LogP contribution in [0.2, 0.25) is 0 Å². The van der Waals surface area contributed by atoms with Gasteiger partial charge in [-0.15, -0.1) is 0 Å². The summed E-state index contributed by atoms with van der Waals surface area (Å²) in [6.07, 6.45) is 1.49. The maximum absolute atomic E-state index is 14.2. The predicted molar refractivity (Wildman–Crippen MR) is 98.5 cm³/mol. The van der Waals surface area contributed by atoms with Crippen LogP contribution in [-0.2, 0) is 10.7 Å². The highest BCUT2D eigenvalue weighted by atomic mass is 31.2. The average molecular weight is 325 g/mol. The number of nitrogens with two attached hydrogens (primary N) is 1. The Labute approximate surface area is 138 Å². The minimum atomic E-state index is -2.59. The molecule has 1 heterocycles. The molecule has 1 aliphatic rings. The lowest BCUT2D eigenvalue weighted by molar-refractivity contribution is 0.544. The predicted octanol–water partition coefficient (Wildman–Crippen LogP) is 5.31. The molecule has 0 spiro atoms. The SMILES string of the molecule is CC[C@H]1[C@@H](C)C(N)=C(c2ccccc2)P1(=O)Cc1ccccc1. The third kappa shape index (κ3) is 2.77. The fourth-order valence-electron chi connectivity index (χ4n) is 3.85. The van der Waals surface area contributed by atoms with E-state index in [0.29, 0.717) is 6.16 Å². The molecule has 2 N–H and O–H groups in total. The van der Waals surface area contributed by atoms with Gasteiger partial charge in [0.2, 0.25) is 0 Å². The minimum absolute atomic E-state index is 0.137. The molecule has 0 amide bonds. The molecule has 3 rings (SSSR count). The molecule has 0 saturated carbocycles. The van der Waals surface area contributed by atoms with Crippen LogP contribution in [0.3, 0.4) is 0 Å². The number of hydrogen-bond acceptors (Lipinski definition) is 2. The maximum Gasteiger partial charge on any atom is 0.125 e. The highest BCUT2D eigenvalue weighted by molar-refractivity contribution is 7.74. The Bertz CT molecular complexity index is 752. The van der Waals surface area contributed by atoms with Crippen LogP contribution in [0.4, 0.5) is 0 Å². The van der Waals surface area contributed by atoms with Crippen molar-refractivity contribution in [2.24, 2.45) is 11.7 Å². The molecule has 1 unspecified atom stereocenters. The van der Waals surface area contributed by atoms with E-state index in [1.165, 1.54) is 0 Å². The molecule has 0 saturated heterocycles. The topological polar surface area (TPSA) is 43.1 Å². The van der Waals surface area contributed by atoms with Gasteiger partial charge in [0.05, 0.1) is 0 Å². The van der Waals surface area contributed by atoms with Gasteiger partial charge in [-0.3, -0.25) is 0 Å². The van der Waals surface area contributed by atoms with Crippen molar-refractivity contribution in [1.29, 1.82) is 0 Å². The number of allylic oxidation sites excluding steroid dienone is 1. The Balaban J connectivity index is 2.12. The summed E-state index contributed by atoms with van der Waals surface area (Å²) in [6.45, 7) is 4.25. The highest BCUT2D eigenvalue weighted by Gasteiger charge is 2.47. The van der Waals surface area contributed by atoms with Gasteiger partial charge in [-0.1, -0.05) is 74.5 Å². The van der Waals surface area contributed by atoms with E-state index in [1.54, 1.807) is 0 Å². The van der Waals surface area contributed by atoms with E-state index in [-0.39, 0.29) is 11.6 Å². The summed E-state index contributed by atoms with van der Waals surface area (Å²) in [7, 11) is -2.59. The second-order valence-electron chi connectivity index (χ2n) is 6.37. The summed E-state index contributed by atoms with van der Waals surface area (Å²) in [5.74, 6) is 0.171. The zero-order valence-electron chi connectivity index (χ0n) is 13.8. The Kier molecular flexibility index (Phi) is 4.46. The summed E-state index contributed by atoms with van der Waals surface area (Å²) < 4.78 is 14.2. The van der Waals surface area contributed by atoms with Crippen molar-refractivity contribution in [3.05, 3.63) is 77.5 Å². The second-order valence-corrected chi connectivity index (χ2v) is 9.39. The van der Waals surface area contributed by atoms with Crippen molar-refractivity contribution in [1.82, 2.24) is 0 Å². The van der Waals surface area contributed by atoms with E-state index in [0.717, 1.165) is 28.6 Å². The Morgan fingerprint density at radius 2 is 1.57 bits per heavy atom. The first-order chi connectivity index (χ1) is 11.1. The molecule has 1 aliphatic heterocycles. The molecule has 0 bridgehead atoms. The molecular formula is C20H24NOP. The normalized spacial score (nSPS) is 27.4. The van der Waals surface area contributed by atoms with Gasteiger partial charge in [0.25, 0.3) is 0 Å². The molecule has 120 valence electrons. The third-order valence-electron chi connectivity index (χ3n) is 4.98. The van der Waals surface area contributed by atoms with Gasteiger partial charge in [-0.2, -0.15) is 0 Å². The smallest absolute Gasteiger partial charge is 0.125 e. The van der Waals surface area contributed by atoms with Gasteiger partial charge in [-0.25, -0.2) is 0 Å². The molecule has 0 radical (unpaired) electrons. The molecule has 0 aliphatic carbocycles. The number of hydrogen-bond donors (Lipinski definition) is 1. The lowest BCUT2D eigenvalue weighted by Crippen LogP contribution is -2.17. The van der Waals surface area contributed by atoms with Gasteiger partial charge >= 0.3 is 0 Å². The van der Waals surface area contributed by atoms with E-state index >= 15 is 0 Å². The van der Waals surface area contributed by atoms with Crippen molar-refractivity contribution in [3.8, 4) is 0 Å². The fourth-order valence-corrected chi connectivity index (χ4v) is 8.03. The van der Waals surface area contributed by atoms with E-state index in [2.05, 4.69) is 26.0 Å². The molecule has 0 fully saturated rings. The Hall–Kier alpha value is -1.79. The quantitative estimate of drug-likeness (QED) is 0.775. The lowest BCUT2D eigenvalue weighted by Gasteiger charge is -2.25. The molecule has 3 heteroatoms. The van der Waals surface area contributed by atoms with Crippen LogP contribution in [-0.4, -0.2) is 5.66 Å². The zero-order chi connectivity index (χ0) is 16.4. The van der Waals surface area contributed by atoms with Crippen molar-refractivity contribution in [2.75, 3.05) is 0 Å². The fraction of sp³-hybridized carbons (Fsp3) is 0.300. The standard InChI is InChI=1S/C20H24NOP/c1-3-18-15(2)19(21)20(17-12-8-5-9-13-17)23(18,22)14-16-10-6-4-7-11-16/h4-13,15,18H,3,14,21H2,1-2H3/t15-,18+,23?/m1/s1. The largest absolute Gasteiger partial charge is 0.401 e. The Morgan fingerprint density at radius 3 is 2.13 bits per heavy atom. The van der Waals surface area contributed by atoms with Crippen LogP contribution >= 0.6 is 7.14 Å². The van der Waals surface area contributed by atoms with E-state index < -0.39 is 7.14 Å². The Morgan fingerprint density at radius 1 is 1.00 bits per heavy atom. The third-order valence-corrected chi connectivity index (χ3v) is 8.97. The molecule has 0 aromatic heterocycles. The molecular weight excluding hydrogens is 301 g/mol. The van der Waals surface area contributed by atoms with Crippen LogP contribution in [0.1, 0.15) is 31.4 Å². The van der Waals surface area contributed by atoms with Gasteiger partial charge in [0.1, 0.15) is 7.14 Å². The average Bonchev–Trinajstić information content (AvgIpc) is 2.75. The van der Waals surface area contributed by atoms with Gasteiger partial charge in [0.15, 0.2) is 0 Å². The summed E-state index contributed by atoms with van der Waals surface area (Å²) in [6, 6.07) is 20.2.